The maximum absolute atomic E-state index is 10.0. The van der Waals surface area contributed by atoms with Crippen molar-refractivity contribution >= 4 is 21.6 Å². The Hall–Kier alpha value is -1.48. The van der Waals surface area contributed by atoms with Crippen molar-refractivity contribution < 1.29 is 5.11 Å². The first-order chi connectivity index (χ1) is 8.97. The molecule has 0 saturated heterocycles. The standard InChI is InChI=1S/C16H18BrNO/c1-11-7-12(2)9-14(8-11)18(3)10-13-5-4-6-15(17)16(13)19/h4-9,19H,10H2,1-3H3. The van der Waals surface area contributed by atoms with Crippen LogP contribution in [-0.2, 0) is 6.54 Å². The summed E-state index contributed by atoms with van der Waals surface area (Å²) in [5.74, 6) is 0.318. The van der Waals surface area contributed by atoms with E-state index in [4.69, 9.17) is 0 Å². The number of aryl methyl sites for hydroxylation is 2. The second-order valence-corrected chi connectivity index (χ2v) is 5.80. The van der Waals surface area contributed by atoms with Crippen molar-refractivity contribution in [3.8, 4) is 5.75 Å². The first-order valence-electron chi connectivity index (χ1n) is 6.23. The van der Waals surface area contributed by atoms with Gasteiger partial charge in [-0.3, -0.25) is 0 Å². The van der Waals surface area contributed by atoms with Crippen molar-refractivity contribution in [3.05, 3.63) is 57.6 Å². The van der Waals surface area contributed by atoms with Gasteiger partial charge in [0.05, 0.1) is 4.47 Å². The molecule has 2 aromatic rings. The molecule has 2 rings (SSSR count). The predicted molar refractivity (Wildman–Crippen MR) is 83.8 cm³/mol. The summed E-state index contributed by atoms with van der Waals surface area (Å²) in [6.07, 6.45) is 0. The molecule has 0 bridgehead atoms. The number of phenolic OH excluding ortho intramolecular Hbond substituents is 1. The molecule has 0 aromatic heterocycles. The van der Waals surface area contributed by atoms with Crippen molar-refractivity contribution in [2.24, 2.45) is 0 Å². The molecular weight excluding hydrogens is 302 g/mol. The van der Waals surface area contributed by atoms with Crippen LogP contribution in [-0.4, -0.2) is 12.2 Å². The normalized spacial score (nSPS) is 10.5. The van der Waals surface area contributed by atoms with Crippen LogP contribution in [0.1, 0.15) is 16.7 Å². The third-order valence-corrected chi connectivity index (χ3v) is 3.76. The number of rotatable bonds is 3. The van der Waals surface area contributed by atoms with E-state index < -0.39 is 0 Å². The van der Waals surface area contributed by atoms with Gasteiger partial charge in [0.2, 0.25) is 0 Å². The number of hydrogen-bond acceptors (Lipinski definition) is 2. The van der Waals surface area contributed by atoms with Crippen LogP contribution in [0, 0.1) is 13.8 Å². The molecule has 2 nitrogen and oxygen atoms in total. The average Bonchev–Trinajstić information content (AvgIpc) is 2.33. The van der Waals surface area contributed by atoms with Gasteiger partial charge in [-0.15, -0.1) is 0 Å². The highest BCUT2D eigenvalue weighted by molar-refractivity contribution is 9.10. The molecule has 3 heteroatoms. The smallest absolute Gasteiger partial charge is 0.134 e. The maximum Gasteiger partial charge on any atom is 0.134 e. The van der Waals surface area contributed by atoms with Crippen molar-refractivity contribution in [1.82, 2.24) is 0 Å². The van der Waals surface area contributed by atoms with Crippen molar-refractivity contribution in [2.45, 2.75) is 20.4 Å². The minimum atomic E-state index is 0.318. The van der Waals surface area contributed by atoms with Crippen LogP contribution >= 0.6 is 15.9 Å². The maximum atomic E-state index is 10.0. The zero-order valence-corrected chi connectivity index (χ0v) is 13.0. The Bertz CT molecular complexity index is 575. The van der Waals surface area contributed by atoms with E-state index >= 15 is 0 Å². The zero-order valence-electron chi connectivity index (χ0n) is 11.4. The number of aromatic hydroxyl groups is 1. The third kappa shape index (κ3) is 3.29. The quantitative estimate of drug-likeness (QED) is 0.905. The van der Waals surface area contributed by atoms with E-state index in [-0.39, 0.29) is 0 Å². The summed E-state index contributed by atoms with van der Waals surface area (Å²) in [4.78, 5) is 2.14. The molecule has 2 aromatic carbocycles. The van der Waals surface area contributed by atoms with Gasteiger partial charge in [0.1, 0.15) is 5.75 Å². The van der Waals surface area contributed by atoms with E-state index in [9.17, 15) is 5.11 Å². The predicted octanol–water partition coefficient (Wildman–Crippen LogP) is 4.41. The van der Waals surface area contributed by atoms with Crippen LogP contribution in [0.3, 0.4) is 0 Å². The van der Waals surface area contributed by atoms with Crippen LogP contribution in [0.5, 0.6) is 5.75 Å². The van der Waals surface area contributed by atoms with Crippen LogP contribution < -0.4 is 4.90 Å². The molecule has 0 aliphatic carbocycles. The van der Waals surface area contributed by atoms with E-state index in [1.165, 1.54) is 11.1 Å². The Balaban J connectivity index is 2.25. The lowest BCUT2D eigenvalue weighted by Crippen LogP contribution is -2.16. The molecule has 0 unspecified atom stereocenters. The first-order valence-corrected chi connectivity index (χ1v) is 7.02. The van der Waals surface area contributed by atoms with Gasteiger partial charge in [0.25, 0.3) is 0 Å². The fourth-order valence-electron chi connectivity index (χ4n) is 2.21. The molecule has 1 N–H and O–H groups in total. The Morgan fingerprint density at radius 2 is 1.74 bits per heavy atom. The fourth-order valence-corrected chi connectivity index (χ4v) is 2.61. The Labute approximate surface area is 122 Å². The Morgan fingerprint density at radius 3 is 2.37 bits per heavy atom. The van der Waals surface area contributed by atoms with E-state index in [2.05, 4.69) is 52.9 Å². The number of benzene rings is 2. The highest BCUT2D eigenvalue weighted by Gasteiger charge is 2.09. The van der Waals surface area contributed by atoms with Gasteiger partial charge in [0, 0.05) is 24.8 Å². The minimum Gasteiger partial charge on any atom is -0.506 e. The van der Waals surface area contributed by atoms with Crippen molar-refractivity contribution in [3.63, 3.8) is 0 Å². The number of para-hydroxylation sites is 1. The average molecular weight is 320 g/mol. The monoisotopic (exact) mass is 319 g/mol. The van der Waals surface area contributed by atoms with E-state index in [0.29, 0.717) is 12.3 Å². The molecule has 0 aliphatic heterocycles. The summed E-state index contributed by atoms with van der Waals surface area (Å²) in [5, 5.41) is 10.0. The van der Waals surface area contributed by atoms with Crippen LogP contribution in [0.15, 0.2) is 40.9 Å². The molecule has 0 amide bonds. The van der Waals surface area contributed by atoms with E-state index in [1.54, 1.807) is 0 Å². The van der Waals surface area contributed by atoms with Gasteiger partial charge in [-0.2, -0.15) is 0 Å². The zero-order chi connectivity index (χ0) is 14.0. The molecule has 0 atom stereocenters. The third-order valence-electron chi connectivity index (χ3n) is 3.13. The summed E-state index contributed by atoms with van der Waals surface area (Å²) < 4.78 is 0.735. The molecular formula is C16H18BrNO. The summed E-state index contributed by atoms with van der Waals surface area (Å²) >= 11 is 3.35. The van der Waals surface area contributed by atoms with Gasteiger partial charge < -0.3 is 10.0 Å². The second kappa shape index (κ2) is 5.66. The lowest BCUT2D eigenvalue weighted by molar-refractivity contribution is 0.464. The Morgan fingerprint density at radius 1 is 1.11 bits per heavy atom. The van der Waals surface area contributed by atoms with Crippen LogP contribution in [0.25, 0.3) is 0 Å². The van der Waals surface area contributed by atoms with Gasteiger partial charge in [-0.25, -0.2) is 0 Å². The summed E-state index contributed by atoms with van der Waals surface area (Å²) in [6.45, 7) is 4.87. The molecule has 19 heavy (non-hydrogen) atoms. The van der Waals surface area contributed by atoms with Crippen LogP contribution in [0.2, 0.25) is 0 Å². The van der Waals surface area contributed by atoms with Gasteiger partial charge in [0.15, 0.2) is 0 Å². The number of anilines is 1. The van der Waals surface area contributed by atoms with Crippen molar-refractivity contribution in [2.75, 3.05) is 11.9 Å². The fraction of sp³-hybridized carbons (Fsp3) is 0.250. The summed E-state index contributed by atoms with van der Waals surface area (Å²) in [5.41, 5.74) is 4.58. The van der Waals surface area contributed by atoms with E-state index in [1.807, 2.05) is 25.2 Å². The summed E-state index contributed by atoms with van der Waals surface area (Å²) in [7, 11) is 2.04. The minimum absolute atomic E-state index is 0.318. The van der Waals surface area contributed by atoms with Gasteiger partial charge in [-0.1, -0.05) is 18.2 Å². The highest BCUT2D eigenvalue weighted by Crippen LogP contribution is 2.29. The number of phenols is 1. The molecule has 0 saturated carbocycles. The topological polar surface area (TPSA) is 23.5 Å². The van der Waals surface area contributed by atoms with Crippen molar-refractivity contribution in [1.29, 1.82) is 0 Å². The number of hydrogen-bond donors (Lipinski definition) is 1. The molecule has 0 heterocycles. The number of nitrogens with zero attached hydrogens (tertiary/aromatic N) is 1. The first kappa shape index (κ1) is 13.9. The molecule has 0 radical (unpaired) electrons. The molecule has 100 valence electrons. The molecule has 0 aliphatic rings. The lowest BCUT2D eigenvalue weighted by atomic mass is 10.1. The SMILES string of the molecule is Cc1cc(C)cc(N(C)Cc2cccc(Br)c2O)c1. The second-order valence-electron chi connectivity index (χ2n) is 4.95. The van der Waals surface area contributed by atoms with Gasteiger partial charge >= 0.3 is 0 Å². The van der Waals surface area contributed by atoms with E-state index in [0.717, 1.165) is 15.7 Å². The van der Waals surface area contributed by atoms with Crippen LogP contribution in [0.4, 0.5) is 5.69 Å². The number of halogens is 1. The lowest BCUT2D eigenvalue weighted by Gasteiger charge is -2.21. The van der Waals surface area contributed by atoms with Gasteiger partial charge in [-0.05, 0) is 59.1 Å². The largest absolute Gasteiger partial charge is 0.506 e. The molecule has 0 fully saturated rings. The summed E-state index contributed by atoms with van der Waals surface area (Å²) in [6, 6.07) is 12.2. The Kier molecular flexibility index (Phi) is 4.15. The molecule has 0 spiro atoms. The highest BCUT2D eigenvalue weighted by atomic mass is 79.9.